The van der Waals surface area contributed by atoms with Gasteiger partial charge in [0, 0.05) is 18.1 Å². The molecule has 0 saturated carbocycles. The number of piperidine rings is 1. The van der Waals surface area contributed by atoms with Gasteiger partial charge < -0.3 is 10.2 Å². The Kier molecular flexibility index (Phi) is 4.84. The van der Waals surface area contributed by atoms with Crippen LogP contribution >= 0.6 is 11.6 Å². The first-order valence-electron chi connectivity index (χ1n) is 6.38. The highest BCUT2D eigenvalue weighted by molar-refractivity contribution is 6.30. The normalized spacial score (nSPS) is 20.8. The lowest BCUT2D eigenvalue weighted by atomic mass is 9.99. The maximum absolute atomic E-state index is 5.88. The molecule has 1 aliphatic heterocycles. The van der Waals surface area contributed by atoms with Crippen LogP contribution in [0.2, 0.25) is 5.02 Å². The molecule has 0 aliphatic carbocycles. The largest absolute Gasteiger partial charge is 0.316 e. The Labute approximate surface area is 109 Å². The van der Waals surface area contributed by atoms with Gasteiger partial charge in [-0.05, 0) is 56.6 Å². The van der Waals surface area contributed by atoms with Crippen molar-refractivity contribution in [3.05, 3.63) is 34.9 Å². The summed E-state index contributed by atoms with van der Waals surface area (Å²) in [4.78, 5) is 2.40. The van der Waals surface area contributed by atoms with Crippen molar-refractivity contribution in [3.63, 3.8) is 0 Å². The van der Waals surface area contributed by atoms with E-state index in [1.807, 2.05) is 12.1 Å². The van der Waals surface area contributed by atoms with E-state index in [-0.39, 0.29) is 0 Å². The average Bonchev–Trinajstić information content (AvgIpc) is 2.33. The van der Waals surface area contributed by atoms with Gasteiger partial charge in [0.05, 0.1) is 0 Å². The third-order valence-electron chi connectivity index (χ3n) is 3.33. The molecule has 1 fully saturated rings. The summed E-state index contributed by atoms with van der Waals surface area (Å²) in [5.74, 6) is 0.807. The molecule has 17 heavy (non-hydrogen) atoms. The van der Waals surface area contributed by atoms with Gasteiger partial charge in [0.25, 0.3) is 0 Å². The van der Waals surface area contributed by atoms with Gasteiger partial charge in [0.2, 0.25) is 0 Å². The van der Waals surface area contributed by atoms with Crippen LogP contribution in [0.15, 0.2) is 24.3 Å². The Morgan fingerprint density at radius 3 is 2.76 bits per heavy atom. The fraction of sp³-hybridized carbons (Fsp3) is 0.571. The highest BCUT2D eigenvalue weighted by Crippen LogP contribution is 2.14. The number of hydrogen-bond donors (Lipinski definition) is 1. The minimum atomic E-state index is 0.807. The molecule has 1 saturated heterocycles. The predicted molar refractivity (Wildman–Crippen MR) is 73.4 cm³/mol. The molecule has 2 nitrogen and oxygen atoms in total. The van der Waals surface area contributed by atoms with E-state index in [0.29, 0.717) is 0 Å². The Morgan fingerprint density at radius 1 is 1.35 bits per heavy atom. The molecule has 1 atom stereocenters. The molecule has 0 spiro atoms. The molecular weight excluding hydrogens is 232 g/mol. The zero-order valence-corrected chi connectivity index (χ0v) is 11.2. The summed E-state index contributed by atoms with van der Waals surface area (Å²) in [5.41, 5.74) is 1.33. The Bertz CT molecular complexity index is 331. The zero-order chi connectivity index (χ0) is 12.1. The molecule has 94 valence electrons. The van der Waals surface area contributed by atoms with E-state index in [9.17, 15) is 0 Å². The minimum Gasteiger partial charge on any atom is -0.316 e. The van der Waals surface area contributed by atoms with Crippen molar-refractivity contribution < 1.29 is 0 Å². The molecule has 0 radical (unpaired) electrons. The molecular formula is C14H21ClN2. The molecule has 0 unspecified atom stereocenters. The molecule has 1 aromatic carbocycles. The third kappa shape index (κ3) is 4.30. The number of nitrogens with zero attached hydrogens (tertiary/aromatic N) is 1. The SMILES string of the molecule is CN(Cc1ccc(Cl)cc1)C[C@@H]1CCCNC1. The molecule has 1 N–H and O–H groups in total. The molecule has 0 amide bonds. The van der Waals surface area contributed by atoms with Crippen LogP contribution in [0.4, 0.5) is 0 Å². The van der Waals surface area contributed by atoms with Crippen LogP contribution in [0.5, 0.6) is 0 Å². The third-order valence-corrected chi connectivity index (χ3v) is 3.59. The summed E-state index contributed by atoms with van der Waals surface area (Å²) in [7, 11) is 2.20. The van der Waals surface area contributed by atoms with Crippen LogP contribution in [0.1, 0.15) is 18.4 Å². The molecule has 0 aromatic heterocycles. The highest BCUT2D eigenvalue weighted by atomic mass is 35.5. The maximum atomic E-state index is 5.88. The first-order valence-corrected chi connectivity index (χ1v) is 6.75. The van der Waals surface area contributed by atoms with Crippen LogP contribution in [0.25, 0.3) is 0 Å². The predicted octanol–water partition coefficient (Wildman–Crippen LogP) is 2.77. The number of benzene rings is 1. The second kappa shape index (κ2) is 6.39. The van der Waals surface area contributed by atoms with E-state index in [2.05, 4.69) is 29.4 Å². The van der Waals surface area contributed by atoms with Crippen molar-refractivity contribution in [2.45, 2.75) is 19.4 Å². The lowest BCUT2D eigenvalue weighted by Crippen LogP contribution is -2.36. The molecule has 1 aliphatic rings. The molecule has 2 rings (SSSR count). The van der Waals surface area contributed by atoms with Crippen molar-refractivity contribution in [3.8, 4) is 0 Å². The minimum absolute atomic E-state index is 0.807. The van der Waals surface area contributed by atoms with E-state index in [1.165, 1.54) is 38.0 Å². The van der Waals surface area contributed by atoms with Crippen molar-refractivity contribution in [1.82, 2.24) is 10.2 Å². The number of hydrogen-bond acceptors (Lipinski definition) is 2. The lowest BCUT2D eigenvalue weighted by molar-refractivity contribution is 0.237. The van der Waals surface area contributed by atoms with E-state index in [1.54, 1.807) is 0 Å². The van der Waals surface area contributed by atoms with Crippen molar-refractivity contribution >= 4 is 11.6 Å². The van der Waals surface area contributed by atoms with Gasteiger partial charge in [-0.2, -0.15) is 0 Å². The van der Waals surface area contributed by atoms with Gasteiger partial charge in [-0.3, -0.25) is 0 Å². The molecule has 1 aromatic rings. The topological polar surface area (TPSA) is 15.3 Å². The second-order valence-electron chi connectivity index (χ2n) is 5.04. The number of nitrogens with one attached hydrogen (secondary N) is 1. The lowest BCUT2D eigenvalue weighted by Gasteiger charge is -2.27. The fourth-order valence-corrected chi connectivity index (χ4v) is 2.61. The van der Waals surface area contributed by atoms with Crippen molar-refractivity contribution in [1.29, 1.82) is 0 Å². The Morgan fingerprint density at radius 2 is 2.12 bits per heavy atom. The molecule has 1 heterocycles. The van der Waals surface area contributed by atoms with Crippen LogP contribution < -0.4 is 5.32 Å². The Balaban J connectivity index is 1.79. The summed E-state index contributed by atoms with van der Waals surface area (Å²) in [6, 6.07) is 8.15. The summed E-state index contributed by atoms with van der Waals surface area (Å²) in [5, 5.41) is 4.28. The Hall–Kier alpha value is -0.570. The van der Waals surface area contributed by atoms with Crippen molar-refractivity contribution in [2.24, 2.45) is 5.92 Å². The van der Waals surface area contributed by atoms with Gasteiger partial charge in [0.1, 0.15) is 0 Å². The van der Waals surface area contributed by atoms with Gasteiger partial charge >= 0.3 is 0 Å². The first kappa shape index (κ1) is 12.9. The standard InChI is InChI=1S/C14H21ClN2/c1-17(11-13-3-2-8-16-9-13)10-12-4-6-14(15)7-5-12/h4-7,13,16H,2-3,8-11H2,1H3/t13-/m1/s1. The summed E-state index contributed by atoms with van der Waals surface area (Å²) < 4.78 is 0. The van der Waals surface area contributed by atoms with Crippen LogP contribution in [-0.2, 0) is 6.54 Å². The van der Waals surface area contributed by atoms with Crippen LogP contribution in [0.3, 0.4) is 0 Å². The maximum Gasteiger partial charge on any atom is 0.0406 e. The van der Waals surface area contributed by atoms with E-state index < -0.39 is 0 Å². The van der Waals surface area contributed by atoms with E-state index in [4.69, 9.17) is 11.6 Å². The first-order chi connectivity index (χ1) is 8.24. The molecule has 3 heteroatoms. The van der Waals surface area contributed by atoms with Crippen molar-refractivity contribution in [2.75, 3.05) is 26.7 Å². The number of halogens is 1. The van der Waals surface area contributed by atoms with Gasteiger partial charge in [-0.25, -0.2) is 0 Å². The summed E-state index contributed by atoms with van der Waals surface area (Å²) in [6.45, 7) is 4.55. The summed E-state index contributed by atoms with van der Waals surface area (Å²) >= 11 is 5.88. The van der Waals surface area contributed by atoms with Crippen LogP contribution in [-0.4, -0.2) is 31.6 Å². The smallest absolute Gasteiger partial charge is 0.0406 e. The van der Waals surface area contributed by atoms with Gasteiger partial charge in [0.15, 0.2) is 0 Å². The van der Waals surface area contributed by atoms with Gasteiger partial charge in [-0.1, -0.05) is 23.7 Å². The summed E-state index contributed by atoms with van der Waals surface area (Å²) in [6.07, 6.45) is 2.68. The quantitative estimate of drug-likeness (QED) is 0.887. The molecule has 0 bridgehead atoms. The monoisotopic (exact) mass is 252 g/mol. The zero-order valence-electron chi connectivity index (χ0n) is 10.5. The fourth-order valence-electron chi connectivity index (χ4n) is 2.49. The number of rotatable bonds is 4. The second-order valence-corrected chi connectivity index (χ2v) is 5.47. The average molecular weight is 253 g/mol. The van der Waals surface area contributed by atoms with E-state index >= 15 is 0 Å². The van der Waals surface area contributed by atoms with Gasteiger partial charge in [-0.15, -0.1) is 0 Å². The highest BCUT2D eigenvalue weighted by Gasteiger charge is 2.14. The van der Waals surface area contributed by atoms with E-state index in [0.717, 1.165) is 17.5 Å². The van der Waals surface area contributed by atoms with Crippen LogP contribution in [0, 0.1) is 5.92 Å².